The molecular weight excluding hydrogens is 404 g/mol. The summed E-state index contributed by atoms with van der Waals surface area (Å²) in [5.74, 6) is -0.100. The van der Waals surface area contributed by atoms with Crippen molar-refractivity contribution >= 4 is 17.5 Å². The van der Waals surface area contributed by atoms with E-state index in [0.29, 0.717) is 30.5 Å². The maximum absolute atomic E-state index is 13.3. The molecule has 0 aromatic heterocycles. The van der Waals surface area contributed by atoms with E-state index >= 15 is 0 Å². The molecular formula is C25H40N4O3. The number of benzene rings is 1. The molecule has 7 heteroatoms. The highest BCUT2D eigenvalue weighted by atomic mass is 16.5. The number of ether oxygens (including phenoxy) is 1. The van der Waals surface area contributed by atoms with Gasteiger partial charge in [-0.1, -0.05) is 31.5 Å². The molecule has 3 unspecified atom stereocenters. The Kier molecular flexibility index (Phi) is 10.7. The molecule has 1 saturated carbocycles. The molecule has 32 heavy (non-hydrogen) atoms. The lowest BCUT2D eigenvalue weighted by Crippen LogP contribution is -2.41. The first-order valence-corrected chi connectivity index (χ1v) is 11.7. The number of hydrogen-bond acceptors (Lipinski definition) is 5. The Hall–Kier alpha value is -2.38. The van der Waals surface area contributed by atoms with E-state index in [2.05, 4.69) is 20.9 Å². The predicted octanol–water partition coefficient (Wildman–Crippen LogP) is 3.21. The maximum atomic E-state index is 13.3. The third-order valence-corrected chi connectivity index (χ3v) is 5.89. The minimum atomic E-state index is -0.318. The summed E-state index contributed by atoms with van der Waals surface area (Å²) in [5, 5.41) is 9.10. The topological polar surface area (TPSA) is 82.7 Å². The number of amides is 2. The number of rotatable bonds is 11. The van der Waals surface area contributed by atoms with Gasteiger partial charge in [-0.15, -0.1) is 0 Å². The van der Waals surface area contributed by atoms with Gasteiger partial charge in [-0.3, -0.25) is 9.59 Å². The number of carbonyl (C=O) groups is 2. The van der Waals surface area contributed by atoms with Crippen molar-refractivity contribution in [2.24, 2.45) is 17.8 Å². The molecule has 0 bridgehead atoms. The van der Waals surface area contributed by atoms with Gasteiger partial charge in [-0.05, 0) is 58.3 Å². The summed E-state index contributed by atoms with van der Waals surface area (Å²) in [6, 6.07) is 9.30. The van der Waals surface area contributed by atoms with Crippen molar-refractivity contribution in [2.75, 3.05) is 46.2 Å². The number of nitrogens with one attached hydrogen (secondary N) is 3. The van der Waals surface area contributed by atoms with Gasteiger partial charge < -0.3 is 25.6 Å². The Morgan fingerprint density at radius 3 is 2.53 bits per heavy atom. The van der Waals surface area contributed by atoms with Crippen molar-refractivity contribution in [1.29, 1.82) is 0 Å². The SMILES string of the molecule is CCOCC1CCCC(C(=O)N/C(C(=O)Nc2ccccc2)=C(/NC)C(C)CN(C)C)C1. The van der Waals surface area contributed by atoms with Gasteiger partial charge in [-0.2, -0.15) is 0 Å². The van der Waals surface area contributed by atoms with Crippen molar-refractivity contribution in [3.63, 3.8) is 0 Å². The number of para-hydroxylation sites is 1. The summed E-state index contributed by atoms with van der Waals surface area (Å²) >= 11 is 0. The van der Waals surface area contributed by atoms with Crippen LogP contribution in [0.25, 0.3) is 0 Å². The zero-order valence-electron chi connectivity index (χ0n) is 20.2. The van der Waals surface area contributed by atoms with Crippen LogP contribution in [0.2, 0.25) is 0 Å². The Bertz CT molecular complexity index is 764. The molecule has 0 heterocycles. The van der Waals surface area contributed by atoms with Crippen LogP contribution in [-0.4, -0.2) is 57.6 Å². The fourth-order valence-corrected chi connectivity index (χ4v) is 4.41. The summed E-state index contributed by atoms with van der Waals surface area (Å²) in [5.41, 5.74) is 1.71. The average molecular weight is 445 g/mol. The second-order valence-electron chi connectivity index (χ2n) is 8.90. The first kappa shape index (κ1) is 25.9. The van der Waals surface area contributed by atoms with Crippen molar-refractivity contribution in [2.45, 2.75) is 39.5 Å². The summed E-state index contributed by atoms with van der Waals surface area (Å²) in [4.78, 5) is 28.6. The summed E-state index contributed by atoms with van der Waals surface area (Å²) in [6.45, 7) is 6.17. The molecule has 1 aromatic carbocycles. The molecule has 0 saturated heterocycles. The van der Waals surface area contributed by atoms with Crippen molar-refractivity contribution < 1.29 is 14.3 Å². The monoisotopic (exact) mass is 444 g/mol. The zero-order chi connectivity index (χ0) is 23.5. The van der Waals surface area contributed by atoms with Crippen LogP contribution in [0.5, 0.6) is 0 Å². The summed E-state index contributed by atoms with van der Waals surface area (Å²) < 4.78 is 5.59. The van der Waals surface area contributed by atoms with Gasteiger partial charge in [-0.25, -0.2) is 0 Å². The van der Waals surface area contributed by atoms with E-state index < -0.39 is 0 Å². The third-order valence-electron chi connectivity index (χ3n) is 5.89. The van der Waals surface area contributed by atoms with Crippen LogP contribution >= 0.6 is 0 Å². The van der Waals surface area contributed by atoms with Crippen LogP contribution in [0.3, 0.4) is 0 Å². The Labute approximate surface area is 193 Å². The van der Waals surface area contributed by atoms with E-state index in [1.165, 1.54) is 0 Å². The van der Waals surface area contributed by atoms with E-state index in [1.54, 1.807) is 7.05 Å². The fourth-order valence-electron chi connectivity index (χ4n) is 4.41. The summed E-state index contributed by atoms with van der Waals surface area (Å²) in [6.07, 6.45) is 3.72. The lowest BCUT2D eigenvalue weighted by atomic mass is 9.81. The number of carbonyl (C=O) groups excluding carboxylic acids is 2. The van der Waals surface area contributed by atoms with Crippen molar-refractivity contribution in [1.82, 2.24) is 15.5 Å². The van der Waals surface area contributed by atoms with E-state index in [-0.39, 0.29) is 23.7 Å². The fraction of sp³-hybridized carbons (Fsp3) is 0.600. The number of nitrogens with zero attached hydrogens (tertiary/aromatic N) is 1. The van der Waals surface area contributed by atoms with Gasteiger partial charge in [0.05, 0.1) is 0 Å². The normalized spacial score (nSPS) is 20.3. The van der Waals surface area contributed by atoms with E-state index in [0.717, 1.165) is 37.9 Å². The van der Waals surface area contributed by atoms with Gasteiger partial charge in [0.25, 0.3) is 5.91 Å². The average Bonchev–Trinajstić information content (AvgIpc) is 2.77. The first-order valence-electron chi connectivity index (χ1n) is 11.7. The molecule has 7 nitrogen and oxygen atoms in total. The molecule has 2 amide bonds. The van der Waals surface area contributed by atoms with Crippen LogP contribution < -0.4 is 16.0 Å². The lowest BCUT2D eigenvalue weighted by Gasteiger charge is -2.29. The van der Waals surface area contributed by atoms with Gasteiger partial charge in [0, 0.05) is 50.0 Å². The van der Waals surface area contributed by atoms with Crippen LogP contribution in [0.15, 0.2) is 41.7 Å². The van der Waals surface area contributed by atoms with Gasteiger partial charge in [0.15, 0.2) is 0 Å². The molecule has 3 N–H and O–H groups in total. The van der Waals surface area contributed by atoms with Gasteiger partial charge in [0.2, 0.25) is 5.91 Å². The van der Waals surface area contributed by atoms with E-state index in [1.807, 2.05) is 58.3 Å². The van der Waals surface area contributed by atoms with E-state index in [4.69, 9.17) is 4.74 Å². The minimum Gasteiger partial charge on any atom is -0.389 e. The van der Waals surface area contributed by atoms with Crippen LogP contribution in [0, 0.1) is 17.8 Å². The van der Waals surface area contributed by atoms with Crippen LogP contribution in [0.1, 0.15) is 39.5 Å². The standard InChI is InChI=1S/C25H40N4O3/c1-6-32-17-19-11-10-12-20(15-19)24(30)28-23(22(26-3)18(2)16-29(4)5)25(31)27-21-13-8-7-9-14-21/h7-9,13-14,18-20,26H,6,10-12,15-17H2,1-5H3,(H,27,31)(H,28,30)/b23-22+. The molecule has 1 aliphatic carbocycles. The first-order chi connectivity index (χ1) is 15.3. The largest absolute Gasteiger partial charge is 0.389 e. The minimum absolute atomic E-state index is 0.0314. The van der Waals surface area contributed by atoms with Gasteiger partial charge in [0.1, 0.15) is 5.70 Å². The highest BCUT2D eigenvalue weighted by Crippen LogP contribution is 2.30. The smallest absolute Gasteiger partial charge is 0.273 e. The van der Waals surface area contributed by atoms with Crippen LogP contribution in [0.4, 0.5) is 5.69 Å². The molecule has 1 fully saturated rings. The highest BCUT2D eigenvalue weighted by Gasteiger charge is 2.30. The molecule has 0 spiro atoms. The third kappa shape index (κ3) is 7.95. The number of hydrogen-bond donors (Lipinski definition) is 3. The Morgan fingerprint density at radius 2 is 1.91 bits per heavy atom. The number of anilines is 1. The lowest BCUT2D eigenvalue weighted by molar-refractivity contribution is -0.127. The quantitative estimate of drug-likeness (QED) is 0.457. The van der Waals surface area contributed by atoms with Crippen molar-refractivity contribution in [3.8, 4) is 0 Å². The molecule has 1 aromatic rings. The molecule has 1 aliphatic rings. The molecule has 2 rings (SSSR count). The molecule has 178 valence electrons. The van der Waals surface area contributed by atoms with Crippen LogP contribution in [-0.2, 0) is 14.3 Å². The Balaban J connectivity index is 2.24. The summed E-state index contributed by atoms with van der Waals surface area (Å²) in [7, 11) is 5.78. The van der Waals surface area contributed by atoms with Gasteiger partial charge >= 0.3 is 0 Å². The second kappa shape index (κ2) is 13.2. The van der Waals surface area contributed by atoms with E-state index in [9.17, 15) is 9.59 Å². The second-order valence-corrected chi connectivity index (χ2v) is 8.90. The maximum Gasteiger partial charge on any atom is 0.273 e. The Morgan fingerprint density at radius 1 is 1.19 bits per heavy atom. The zero-order valence-corrected chi connectivity index (χ0v) is 20.2. The molecule has 3 atom stereocenters. The van der Waals surface area contributed by atoms with Crippen molar-refractivity contribution in [3.05, 3.63) is 41.7 Å². The predicted molar refractivity (Wildman–Crippen MR) is 129 cm³/mol. The molecule has 0 aliphatic heterocycles. The highest BCUT2D eigenvalue weighted by molar-refractivity contribution is 6.06. The molecule has 0 radical (unpaired) electrons.